The second kappa shape index (κ2) is 4.90. The van der Waals surface area contributed by atoms with E-state index in [1.807, 2.05) is 18.2 Å². The van der Waals surface area contributed by atoms with Crippen molar-refractivity contribution in [3.63, 3.8) is 0 Å². The van der Waals surface area contributed by atoms with Crippen molar-refractivity contribution in [1.82, 2.24) is 0 Å². The fourth-order valence-electron chi connectivity index (χ4n) is 2.23. The molecule has 0 atom stereocenters. The van der Waals surface area contributed by atoms with Gasteiger partial charge in [0.25, 0.3) is 0 Å². The summed E-state index contributed by atoms with van der Waals surface area (Å²) in [4.78, 5) is 0. The lowest BCUT2D eigenvalue weighted by Gasteiger charge is -2.19. The van der Waals surface area contributed by atoms with Crippen molar-refractivity contribution in [3.05, 3.63) is 52.5 Å². The molecule has 0 aromatic heterocycles. The molecule has 0 fully saturated rings. The van der Waals surface area contributed by atoms with Crippen molar-refractivity contribution in [2.24, 2.45) is 0 Å². The van der Waals surface area contributed by atoms with E-state index in [0.717, 1.165) is 18.4 Å². The Morgan fingerprint density at radius 2 is 1.76 bits per heavy atom. The Hall–Kier alpha value is -1.32. The number of benzene rings is 1. The van der Waals surface area contributed by atoms with Crippen molar-refractivity contribution in [3.8, 4) is 0 Å². The van der Waals surface area contributed by atoms with E-state index in [1.54, 1.807) is 0 Å². The largest absolute Gasteiger partial charge is 0.484 e. The van der Waals surface area contributed by atoms with Crippen LogP contribution in [0.2, 0.25) is 0 Å². The highest BCUT2D eigenvalue weighted by Crippen LogP contribution is 2.32. The Labute approximate surface area is 102 Å². The zero-order valence-electron chi connectivity index (χ0n) is 10.3. The number of rotatable bonds is 2. The summed E-state index contributed by atoms with van der Waals surface area (Å²) >= 11 is 0. The molecule has 0 radical (unpaired) electrons. The summed E-state index contributed by atoms with van der Waals surface area (Å²) < 4.78 is 0. The first-order chi connectivity index (χ1) is 8.09. The van der Waals surface area contributed by atoms with E-state index in [1.165, 1.54) is 16.7 Å². The third-order valence-electron chi connectivity index (χ3n) is 3.35. The number of aryl methyl sites for hydroxylation is 1. The fraction of sp³-hybridized carbons (Fsp3) is 0.286. The van der Waals surface area contributed by atoms with Gasteiger partial charge in [0.1, 0.15) is 0 Å². The van der Waals surface area contributed by atoms with E-state index < -0.39 is 7.12 Å². The molecule has 0 aliphatic heterocycles. The molecule has 1 aromatic carbocycles. The van der Waals surface area contributed by atoms with Gasteiger partial charge in [-0.2, -0.15) is 0 Å². The lowest BCUT2D eigenvalue weighted by Crippen LogP contribution is -2.17. The number of hydrogen-bond acceptors (Lipinski definition) is 2. The van der Waals surface area contributed by atoms with E-state index in [-0.39, 0.29) is 0 Å². The summed E-state index contributed by atoms with van der Waals surface area (Å²) in [6, 6.07) is 8.19. The van der Waals surface area contributed by atoms with Gasteiger partial charge in [0, 0.05) is 0 Å². The van der Waals surface area contributed by atoms with Gasteiger partial charge in [0.15, 0.2) is 0 Å². The molecule has 0 saturated heterocycles. The monoisotopic (exact) mass is 228 g/mol. The van der Waals surface area contributed by atoms with Crippen LogP contribution >= 0.6 is 0 Å². The first kappa shape index (κ1) is 12.2. The summed E-state index contributed by atoms with van der Waals surface area (Å²) in [5.41, 5.74) is 5.55. The molecule has 0 heterocycles. The van der Waals surface area contributed by atoms with Crippen molar-refractivity contribution < 1.29 is 10.0 Å². The molecule has 2 rings (SSSR count). The SMILES string of the molecule is CC1=C(c2ccccc2C)C=C(B(O)O)CC1. The lowest BCUT2D eigenvalue weighted by atomic mass is 9.71. The van der Waals surface area contributed by atoms with Crippen LogP contribution in [0.3, 0.4) is 0 Å². The third kappa shape index (κ3) is 2.51. The zero-order valence-corrected chi connectivity index (χ0v) is 10.3. The third-order valence-corrected chi connectivity index (χ3v) is 3.35. The molecule has 0 amide bonds. The maximum Gasteiger partial charge on any atom is 0.484 e. The maximum absolute atomic E-state index is 9.26. The molecule has 88 valence electrons. The summed E-state index contributed by atoms with van der Waals surface area (Å²) in [6.07, 6.45) is 3.55. The molecule has 0 spiro atoms. The summed E-state index contributed by atoms with van der Waals surface area (Å²) in [5.74, 6) is 0. The predicted molar refractivity (Wildman–Crippen MR) is 71.3 cm³/mol. The lowest BCUT2D eigenvalue weighted by molar-refractivity contribution is 0.416. The van der Waals surface area contributed by atoms with Crippen molar-refractivity contribution >= 4 is 12.7 Å². The molecule has 0 saturated carbocycles. The van der Waals surface area contributed by atoms with Crippen LogP contribution in [0.5, 0.6) is 0 Å². The first-order valence-corrected chi connectivity index (χ1v) is 5.92. The number of allylic oxidation sites excluding steroid dienone is 4. The van der Waals surface area contributed by atoms with E-state index in [4.69, 9.17) is 0 Å². The highest BCUT2D eigenvalue weighted by atomic mass is 16.4. The Morgan fingerprint density at radius 3 is 2.41 bits per heavy atom. The van der Waals surface area contributed by atoms with Crippen LogP contribution < -0.4 is 0 Å². The van der Waals surface area contributed by atoms with Crippen molar-refractivity contribution in [2.45, 2.75) is 26.7 Å². The van der Waals surface area contributed by atoms with Crippen LogP contribution in [-0.2, 0) is 0 Å². The van der Waals surface area contributed by atoms with Crippen LogP contribution in [0.1, 0.15) is 30.9 Å². The van der Waals surface area contributed by atoms with E-state index >= 15 is 0 Å². The highest BCUT2D eigenvalue weighted by Gasteiger charge is 2.20. The summed E-state index contributed by atoms with van der Waals surface area (Å²) in [7, 11) is -1.33. The Kier molecular flexibility index (Phi) is 3.50. The Bertz CT molecular complexity index is 487. The molecule has 0 bridgehead atoms. The average molecular weight is 228 g/mol. The molecule has 17 heavy (non-hydrogen) atoms. The van der Waals surface area contributed by atoms with Gasteiger partial charge in [0.05, 0.1) is 0 Å². The second-order valence-electron chi connectivity index (χ2n) is 4.60. The van der Waals surface area contributed by atoms with E-state index in [9.17, 15) is 10.0 Å². The van der Waals surface area contributed by atoms with Gasteiger partial charge < -0.3 is 10.0 Å². The van der Waals surface area contributed by atoms with Crippen LogP contribution in [0.25, 0.3) is 5.57 Å². The quantitative estimate of drug-likeness (QED) is 0.763. The summed E-state index contributed by atoms with van der Waals surface area (Å²) in [5, 5.41) is 18.5. The van der Waals surface area contributed by atoms with Gasteiger partial charge >= 0.3 is 7.12 Å². The average Bonchev–Trinajstić information content (AvgIpc) is 2.30. The van der Waals surface area contributed by atoms with Gasteiger partial charge in [-0.25, -0.2) is 0 Å². The predicted octanol–water partition coefficient (Wildman–Crippen LogP) is 2.50. The van der Waals surface area contributed by atoms with Crippen LogP contribution in [0, 0.1) is 6.92 Å². The van der Waals surface area contributed by atoms with Crippen molar-refractivity contribution in [2.75, 3.05) is 0 Å². The van der Waals surface area contributed by atoms with Gasteiger partial charge in [-0.15, -0.1) is 0 Å². The molecular formula is C14H17BO2. The van der Waals surface area contributed by atoms with Gasteiger partial charge in [-0.05, 0) is 48.9 Å². The second-order valence-corrected chi connectivity index (χ2v) is 4.60. The first-order valence-electron chi connectivity index (χ1n) is 5.92. The van der Waals surface area contributed by atoms with Crippen LogP contribution in [0.4, 0.5) is 0 Å². The highest BCUT2D eigenvalue weighted by molar-refractivity contribution is 6.51. The van der Waals surface area contributed by atoms with E-state index in [2.05, 4.69) is 26.0 Å². The van der Waals surface area contributed by atoms with Gasteiger partial charge in [0.2, 0.25) is 0 Å². The van der Waals surface area contributed by atoms with Crippen molar-refractivity contribution in [1.29, 1.82) is 0 Å². The molecule has 2 nitrogen and oxygen atoms in total. The van der Waals surface area contributed by atoms with Gasteiger partial charge in [-0.3, -0.25) is 0 Å². The minimum Gasteiger partial charge on any atom is -0.423 e. The molecule has 1 aliphatic rings. The molecular weight excluding hydrogens is 211 g/mol. The molecule has 2 N–H and O–H groups in total. The van der Waals surface area contributed by atoms with Gasteiger partial charge in [-0.1, -0.05) is 35.9 Å². The van der Waals surface area contributed by atoms with E-state index in [0.29, 0.717) is 5.47 Å². The smallest absolute Gasteiger partial charge is 0.423 e. The Morgan fingerprint density at radius 1 is 1.06 bits per heavy atom. The number of hydrogen-bond donors (Lipinski definition) is 2. The zero-order chi connectivity index (χ0) is 12.4. The molecule has 1 aromatic rings. The minimum atomic E-state index is -1.33. The fourth-order valence-corrected chi connectivity index (χ4v) is 2.23. The van der Waals surface area contributed by atoms with Crippen LogP contribution in [-0.4, -0.2) is 17.2 Å². The minimum absolute atomic E-state index is 0.703. The maximum atomic E-state index is 9.26. The molecule has 1 aliphatic carbocycles. The molecule has 3 heteroatoms. The standard InChI is InChI=1S/C14H17BO2/c1-10-5-3-4-6-13(10)14-9-12(15(16)17)8-7-11(14)2/h3-6,9,16-17H,7-8H2,1-2H3. The topological polar surface area (TPSA) is 40.5 Å². The summed E-state index contributed by atoms with van der Waals surface area (Å²) in [6.45, 7) is 4.19. The molecule has 0 unspecified atom stereocenters. The normalized spacial score (nSPS) is 15.9. The van der Waals surface area contributed by atoms with Crippen LogP contribution in [0.15, 0.2) is 41.4 Å². The Balaban J connectivity index is 2.47.